The van der Waals surface area contributed by atoms with E-state index in [1.165, 1.54) is 51.9 Å². The predicted octanol–water partition coefficient (Wildman–Crippen LogP) is 2.27. The van der Waals surface area contributed by atoms with Gasteiger partial charge in [-0.3, -0.25) is 0 Å². The second-order valence-electron chi connectivity index (χ2n) is 9.37. The standard InChI is InChI=1S/C23H32N6O/c1-18-15-28(21-3-2-19(14-24)29-22(21)4-9-26-29)17-20(30-18)16-27-12-7-23(8-13-27)5-10-25-11-6-23/h2-4,9,18,20,25H,5-8,10-13,15-17H2,1H3/t18-,20+/m1/s1. The number of ether oxygens (including phenoxy) is 1. The molecular weight excluding hydrogens is 376 g/mol. The van der Waals surface area contributed by atoms with Crippen molar-refractivity contribution in [2.45, 2.75) is 44.8 Å². The maximum atomic E-state index is 9.36. The average Bonchev–Trinajstić information content (AvgIpc) is 3.25. The summed E-state index contributed by atoms with van der Waals surface area (Å²) >= 11 is 0. The Morgan fingerprint density at radius 3 is 2.73 bits per heavy atom. The van der Waals surface area contributed by atoms with E-state index in [1.807, 2.05) is 12.1 Å². The first-order valence-electron chi connectivity index (χ1n) is 11.4. The molecule has 0 unspecified atom stereocenters. The number of hydrogen-bond donors (Lipinski definition) is 1. The van der Waals surface area contributed by atoms with E-state index < -0.39 is 0 Å². The molecule has 7 nitrogen and oxygen atoms in total. The van der Waals surface area contributed by atoms with Crippen molar-refractivity contribution in [3.8, 4) is 6.07 Å². The molecule has 30 heavy (non-hydrogen) atoms. The zero-order chi connectivity index (χ0) is 20.6. The Morgan fingerprint density at radius 2 is 1.97 bits per heavy atom. The number of anilines is 1. The number of nitrogens with zero attached hydrogens (tertiary/aromatic N) is 5. The van der Waals surface area contributed by atoms with Crippen LogP contribution < -0.4 is 10.2 Å². The first-order valence-corrected chi connectivity index (χ1v) is 11.4. The molecule has 3 fully saturated rings. The van der Waals surface area contributed by atoms with Crippen molar-refractivity contribution in [1.29, 1.82) is 5.26 Å². The van der Waals surface area contributed by atoms with Crippen molar-refractivity contribution in [3.05, 3.63) is 30.1 Å². The summed E-state index contributed by atoms with van der Waals surface area (Å²) < 4.78 is 8.09. The lowest BCUT2D eigenvalue weighted by molar-refractivity contribution is -0.0421. The lowest BCUT2D eigenvalue weighted by Gasteiger charge is -2.46. The second kappa shape index (κ2) is 8.18. The summed E-state index contributed by atoms with van der Waals surface area (Å²) in [6, 6.07) is 8.15. The fourth-order valence-electron chi connectivity index (χ4n) is 5.65. The minimum atomic E-state index is 0.183. The van der Waals surface area contributed by atoms with Crippen LogP contribution in [0, 0.1) is 16.7 Å². The van der Waals surface area contributed by atoms with Crippen LogP contribution in [0.3, 0.4) is 0 Å². The minimum Gasteiger partial charge on any atom is -0.370 e. The van der Waals surface area contributed by atoms with Gasteiger partial charge in [-0.25, -0.2) is 4.52 Å². The Labute approximate surface area is 178 Å². The summed E-state index contributed by atoms with van der Waals surface area (Å²) in [6.07, 6.45) is 7.49. The van der Waals surface area contributed by atoms with Crippen LogP contribution in [0.25, 0.3) is 5.52 Å². The van der Waals surface area contributed by atoms with Crippen LogP contribution in [-0.4, -0.2) is 72.5 Å². The number of nitriles is 1. The molecule has 0 radical (unpaired) electrons. The van der Waals surface area contributed by atoms with Crippen LogP contribution in [0.1, 0.15) is 38.3 Å². The van der Waals surface area contributed by atoms with Crippen molar-refractivity contribution < 1.29 is 4.74 Å². The highest BCUT2D eigenvalue weighted by molar-refractivity contribution is 5.74. The molecule has 3 saturated heterocycles. The third-order valence-corrected chi connectivity index (χ3v) is 7.36. The smallest absolute Gasteiger partial charge is 0.142 e. The van der Waals surface area contributed by atoms with Gasteiger partial charge in [0.25, 0.3) is 0 Å². The Kier molecular flexibility index (Phi) is 5.40. The van der Waals surface area contributed by atoms with E-state index in [0.29, 0.717) is 11.1 Å². The molecule has 0 aliphatic carbocycles. The first kappa shape index (κ1) is 19.8. The molecule has 160 valence electrons. The normalized spacial score (nSPS) is 27.4. The van der Waals surface area contributed by atoms with E-state index in [0.717, 1.165) is 30.8 Å². The van der Waals surface area contributed by atoms with E-state index in [-0.39, 0.29) is 12.2 Å². The summed E-state index contributed by atoms with van der Waals surface area (Å²) in [7, 11) is 0. The van der Waals surface area contributed by atoms with Gasteiger partial charge in [0.2, 0.25) is 0 Å². The van der Waals surface area contributed by atoms with Gasteiger partial charge in [0.1, 0.15) is 11.8 Å². The van der Waals surface area contributed by atoms with Gasteiger partial charge >= 0.3 is 0 Å². The summed E-state index contributed by atoms with van der Waals surface area (Å²) in [5, 5.41) is 17.2. The van der Waals surface area contributed by atoms with E-state index in [1.54, 1.807) is 10.7 Å². The Bertz CT molecular complexity index is 917. The number of hydrogen-bond acceptors (Lipinski definition) is 6. The van der Waals surface area contributed by atoms with Crippen molar-refractivity contribution in [2.24, 2.45) is 5.41 Å². The molecule has 5 heterocycles. The third kappa shape index (κ3) is 3.80. The van der Waals surface area contributed by atoms with Gasteiger partial charge in [0.05, 0.1) is 29.6 Å². The second-order valence-corrected chi connectivity index (χ2v) is 9.37. The summed E-state index contributed by atoms with van der Waals surface area (Å²) in [5.41, 5.74) is 3.29. The lowest BCUT2D eigenvalue weighted by Crippen LogP contribution is -2.53. The van der Waals surface area contributed by atoms with Gasteiger partial charge in [-0.05, 0) is 82.4 Å². The summed E-state index contributed by atoms with van der Waals surface area (Å²) in [5.74, 6) is 0. The third-order valence-electron chi connectivity index (χ3n) is 7.36. The number of likely N-dealkylation sites (tertiary alicyclic amines) is 1. The predicted molar refractivity (Wildman–Crippen MR) is 117 cm³/mol. The number of morpholine rings is 1. The molecule has 0 bridgehead atoms. The largest absolute Gasteiger partial charge is 0.370 e. The van der Waals surface area contributed by atoms with Gasteiger partial charge in [0, 0.05) is 19.6 Å². The van der Waals surface area contributed by atoms with Crippen molar-refractivity contribution >= 4 is 11.2 Å². The number of piperidine rings is 2. The Hall–Kier alpha value is -2.14. The minimum absolute atomic E-state index is 0.183. The molecule has 2 atom stereocenters. The van der Waals surface area contributed by atoms with Gasteiger partial charge in [-0.1, -0.05) is 0 Å². The van der Waals surface area contributed by atoms with Crippen LogP contribution in [0.4, 0.5) is 5.69 Å². The maximum absolute atomic E-state index is 9.36. The zero-order valence-electron chi connectivity index (χ0n) is 17.9. The average molecular weight is 409 g/mol. The lowest BCUT2D eigenvalue weighted by atomic mass is 9.71. The molecule has 0 saturated carbocycles. The van der Waals surface area contributed by atoms with E-state index in [4.69, 9.17) is 4.74 Å². The van der Waals surface area contributed by atoms with E-state index >= 15 is 0 Å². The van der Waals surface area contributed by atoms with Crippen LogP contribution in [0.2, 0.25) is 0 Å². The summed E-state index contributed by atoms with van der Waals surface area (Å²) in [4.78, 5) is 5.02. The van der Waals surface area contributed by atoms with E-state index in [2.05, 4.69) is 39.3 Å². The zero-order valence-corrected chi connectivity index (χ0v) is 17.9. The molecule has 3 aliphatic heterocycles. The molecule has 7 heteroatoms. The van der Waals surface area contributed by atoms with Gasteiger partial charge in [-0.15, -0.1) is 0 Å². The number of pyridine rings is 1. The number of nitrogens with one attached hydrogen (secondary N) is 1. The molecule has 1 spiro atoms. The van der Waals surface area contributed by atoms with Crippen LogP contribution in [0.5, 0.6) is 0 Å². The van der Waals surface area contributed by atoms with E-state index in [9.17, 15) is 5.26 Å². The van der Waals surface area contributed by atoms with Gasteiger partial charge in [-0.2, -0.15) is 10.4 Å². The highest BCUT2D eigenvalue weighted by Gasteiger charge is 2.37. The molecule has 1 N–H and O–H groups in total. The van der Waals surface area contributed by atoms with Crippen molar-refractivity contribution in [1.82, 2.24) is 19.8 Å². The fraction of sp³-hybridized carbons (Fsp3) is 0.652. The van der Waals surface area contributed by atoms with Gasteiger partial charge < -0.3 is 19.9 Å². The molecule has 3 aliphatic rings. The topological polar surface area (TPSA) is 68.8 Å². The quantitative estimate of drug-likeness (QED) is 0.840. The van der Waals surface area contributed by atoms with Crippen LogP contribution in [-0.2, 0) is 4.74 Å². The molecule has 0 aromatic carbocycles. The highest BCUT2D eigenvalue weighted by atomic mass is 16.5. The number of fused-ring (bicyclic) bond motifs is 1. The SMILES string of the molecule is C[C@@H]1CN(c2ccc(C#N)n3nccc23)C[C@H](CN2CCC3(CCNCC3)CC2)O1. The molecule has 2 aromatic heterocycles. The molecule has 5 rings (SSSR count). The van der Waals surface area contributed by atoms with Crippen molar-refractivity contribution in [2.75, 3.05) is 50.7 Å². The van der Waals surface area contributed by atoms with Crippen LogP contribution in [0.15, 0.2) is 24.4 Å². The molecule has 2 aromatic rings. The Morgan fingerprint density at radius 1 is 1.17 bits per heavy atom. The monoisotopic (exact) mass is 408 g/mol. The molecule has 0 amide bonds. The number of aromatic nitrogens is 2. The summed E-state index contributed by atoms with van der Waals surface area (Å²) in [6.45, 7) is 9.66. The number of rotatable bonds is 3. The van der Waals surface area contributed by atoms with Crippen LogP contribution >= 0.6 is 0 Å². The molecular formula is C23H32N6O. The first-order chi connectivity index (χ1) is 14.7. The highest BCUT2D eigenvalue weighted by Crippen LogP contribution is 2.39. The van der Waals surface area contributed by atoms with Gasteiger partial charge in [0.15, 0.2) is 0 Å². The Balaban J connectivity index is 1.26. The maximum Gasteiger partial charge on any atom is 0.142 e. The van der Waals surface area contributed by atoms with Crippen molar-refractivity contribution in [3.63, 3.8) is 0 Å². The fourth-order valence-corrected chi connectivity index (χ4v) is 5.65.